The highest BCUT2D eigenvalue weighted by Gasteiger charge is 2.16. The average molecular weight is 262 g/mol. The van der Waals surface area contributed by atoms with Crippen molar-refractivity contribution < 1.29 is 9.53 Å². The molecule has 0 unspecified atom stereocenters. The molecule has 0 spiro atoms. The van der Waals surface area contributed by atoms with E-state index in [4.69, 9.17) is 4.74 Å². The lowest BCUT2D eigenvalue weighted by Gasteiger charge is -2.15. The van der Waals surface area contributed by atoms with Gasteiger partial charge in [-0.3, -0.25) is 4.79 Å². The second kappa shape index (κ2) is 6.57. The SMILES string of the molecule is COc1ccc(CNCC(=O)N2CCCC2)cc1C. The normalized spacial score (nSPS) is 14.7. The smallest absolute Gasteiger partial charge is 0.236 e. The number of aryl methyl sites for hydroxylation is 1. The highest BCUT2D eigenvalue weighted by atomic mass is 16.5. The molecule has 1 amide bonds. The van der Waals surface area contributed by atoms with Crippen LogP contribution in [0.1, 0.15) is 24.0 Å². The van der Waals surface area contributed by atoms with Gasteiger partial charge in [0, 0.05) is 19.6 Å². The number of likely N-dealkylation sites (tertiary alicyclic amines) is 1. The summed E-state index contributed by atoms with van der Waals surface area (Å²) in [4.78, 5) is 13.8. The predicted molar refractivity (Wildman–Crippen MR) is 75.3 cm³/mol. The van der Waals surface area contributed by atoms with Crippen molar-refractivity contribution in [1.29, 1.82) is 0 Å². The molecular weight excluding hydrogens is 240 g/mol. The van der Waals surface area contributed by atoms with E-state index in [0.717, 1.165) is 37.2 Å². The van der Waals surface area contributed by atoms with E-state index in [1.54, 1.807) is 7.11 Å². The van der Waals surface area contributed by atoms with Gasteiger partial charge >= 0.3 is 0 Å². The molecule has 0 aromatic heterocycles. The highest BCUT2D eigenvalue weighted by Crippen LogP contribution is 2.18. The molecule has 1 aromatic carbocycles. The van der Waals surface area contributed by atoms with Gasteiger partial charge in [0.25, 0.3) is 0 Å². The monoisotopic (exact) mass is 262 g/mol. The number of ether oxygens (including phenoxy) is 1. The van der Waals surface area contributed by atoms with E-state index in [2.05, 4.69) is 11.4 Å². The number of nitrogens with one attached hydrogen (secondary N) is 1. The van der Waals surface area contributed by atoms with Gasteiger partial charge in [-0.2, -0.15) is 0 Å². The van der Waals surface area contributed by atoms with Gasteiger partial charge in [0.15, 0.2) is 0 Å². The van der Waals surface area contributed by atoms with Crippen LogP contribution in [0, 0.1) is 6.92 Å². The molecule has 2 rings (SSSR count). The van der Waals surface area contributed by atoms with Crippen molar-refractivity contribution in [1.82, 2.24) is 10.2 Å². The van der Waals surface area contributed by atoms with Gasteiger partial charge in [-0.25, -0.2) is 0 Å². The van der Waals surface area contributed by atoms with Gasteiger partial charge < -0.3 is 15.0 Å². The Morgan fingerprint density at radius 1 is 1.37 bits per heavy atom. The van der Waals surface area contributed by atoms with Crippen molar-refractivity contribution >= 4 is 5.91 Å². The Morgan fingerprint density at radius 3 is 2.74 bits per heavy atom. The number of hydrogen-bond donors (Lipinski definition) is 1. The highest BCUT2D eigenvalue weighted by molar-refractivity contribution is 5.78. The van der Waals surface area contributed by atoms with Crippen molar-refractivity contribution in [2.24, 2.45) is 0 Å². The van der Waals surface area contributed by atoms with Crippen LogP contribution in [-0.4, -0.2) is 37.6 Å². The lowest BCUT2D eigenvalue weighted by molar-refractivity contribution is -0.129. The second-order valence-corrected chi connectivity index (χ2v) is 5.00. The molecule has 4 heteroatoms. The minimum Gasteiger partial charge on any atom is -0.496 e. The molecule has 1 fully saturated rings. The fourth-order valence-electron chi connectivity index (χ4n) is 2.44. The van der Waals surface area contributed by atoms with Crippen LogP contribution >= 0.6 is 0 Å². The zero-order chi connectivity index (χ0) is 13.7. The quantitative estimate of drug-likeness (QED) is 0.878. The summed E-state index contributed by atoms with van der Waals surface area (Å²) in [7, 11) is 1.68. The van der Waals surface area contributed by atoms with Gasteiger partial charge in [0.2, 0.25) is 5.91 Å². The number of carbonyl (C=O) groups is 1. The van der Waals surface area contributed by atoms with Crippen LogP contribution in [0.5, 0.6) is 5.75 Å². The topological polar surface area (TPSA) is 41.6 Å². The van der Waals surface area contributed by atoms with Crippen molar-refractivity contribution in [3.8, 4) is 5.75 Å². The lowest BCUT2D eigenvalue weighted by Crippen LogP contribution is -2.35. The Balaban J connectivity index is 1.79. The van der Waals surface area contributed by atoms with E-state index >= 15 is 0 Å². The van der Waals surface area contributed by atoms with Crippen LogP contribution in [0.3, 0.4) is 0 Å². The second-order valence-electron chi connectivity index (χ2n) is 5.00. The van der Waals surface area contributed by atoms with Gasteiger partial charge in [-0.15, -0.1) is 0 Å². The van der Waals surface area contributed by atoms with Crippen molar-refractivity contribution in [2.75, 3.05) is 26.7 Å². The van der Waals surface area contributed by atoms with Gasteiger partial charge in [0.05, 0.1) is 13.7 Å². The lowest BCUT2D eigenvalue weighted by atomic mass is 10.1. The van der Waals surface area contributed by atoms with E-state index in [1.807, 2.05) is 24.0 Å². The van der Waals surface area contributed by atoms with E-state index in [1.165, 1.54) is 5.56 Å². The maximum Gasteiger partial charge on any atom is 0.236 e. The minimum absolute atomic E-state index is 0.211. The molecule has 0 aliphatic carbocycles. The first-order valence-corrected chi connectivity index (χ1v) is 6.82. The minimum atomic E-state index is 0.211. The molecule has 4 nitrogen and oxygen atoms in total. The molecule has 0 radical (unpaired) electrons. The van der Waals surface area contributed by atoms with Gasteiger partial charge in [-0.1, -0.05) is 12.1 Å². The fourth-order valence-corrected chi connectivity index (χ4v) is 2.44. The van der Waals surface area contributed by atoms with Crippen LogP contribution in [-0.2, 0) is 11.3 Å². The van der Waals surface area contributed by atoms with Crippen LogP contribution in [0.15, 0.2) is 18.2 Å². The van der Waals surface area contributed by atoms with E-state index in [-0.39, 0.29) is 5.91 Å². The van der Waals surface area contributed by atoms with Crippen LogP contribution in [0.2, 0.25) is 0 Å². The summed E-state index contributed by atoms with van der Waals surface area (Å²) in [6, 6.07) is 6.08. The standard InChI is InChI=1S/C15H22N2O2/c1-12-9-13(5-6-14(12)19-2)10-16-11-15(18)17-7-3-4-8-17/h5-6,9,16H,3-4,7-8,10-11H2,1-2H3. The molecule has 1 N–H and O–H groups in total. The number of methoxy groups -OCH3 is 1. The van der Waals surface area contributed by atoms with Crippen molar-refractivity contribution in [2.45, 2.75) is 26.3 Å². The van der Waals surface area contributed by atoms with Gasteiger partial charge in [0.1, 0.15) is 5.75 Å². The van der Waals surface area contributed by atoms with Crippen LogP contribution < -0.4 is 10.1 Å². The number of amides is 1. The largest absolute Gasteiger partial charge is 0.496 e. The number of carbonyl (C=O) groups excluding carboxylic acids is 1. The molecule has 0 bridgehead atoms. The number of benzene rings is 1. The number of rotatable bonds is 5. The zero-order valence-corrected chi connectivity index (χ0v) is 11.7. The maximum absolute atomic E-state index is 11.8. The Kier molecular flexibility index (Phi) is 4.80. The zero-order valence-electron chi connectivity index (χ0n) is 11.7. The van der Waals surface area contributed by atoms with E-state index < -0.39 is 0 Å². The first-order valence-electron chi connectivity index (χ1n) is 6.82. The summed E-state index contributed by atoms with van der Waals surface area (Å²) in [6.45, 7) is 5.00. The van der Waals surface area contributed by atoms with Crippen LogP contribution in [0.4, 0.5) is 0 Å². The molecule has 1 aliphatic heterocycles. The third kappa shape index (κ3) is 3.70. The Morgan fingerprint density at radius 2 is 2.11 bits per heavy atom. The predicted octanol–water partition coefficient (Wildman–Crippen LogP) is 1.72. The summed E-state index contributed by atoms with van der Waals surface area (Å²) in [5.74, 6) is 1.11. The molecule has 104 valence electrons. The average Bonchev–Trinajstić information content (AvgIpc) is 2.93. The molecule has 1 saturated heterocycles. The summed E-state index contributed by atoms with van der Waals surface area (Å²) in [5.41, 5.74) is 2.29. The molecule has 1 heterocycles. The van der Waals surface area contributed by atoms with Gasteiger partial charge in [-0.05, 0) is 37.0 Å². The summed E-state index contributed by atoms with van der Waals surface area (Å²) in [6.07, 6.45) is 2.28. The van der Waals surface area contributed by atoms with E-state index in [9.17, 15) is 4.79 Å². The Labute approximate surface area is 114 Å². The first kappa shape index (κ1) is 13.9. The molecular formula is C15H22N2O2. The molecule has 1 aromatic rings. The summed E-state index contributed by atoms with van der Waals surface area (Å²) >= 11 is 0. The van der Waals surface area contributed by atoms with E-state index in [0.29, 0.717) is 13.1 Å². The molecule has 0 saturated carbocycles. The molecule has 1 aliphatic rings. The molecule has 0 atom stereocenters. The third-order valence-electron chi connectivity index (χ3n) is 3.52. The number of hydrogen-bond acceptors (Lipinski definition) is 3. The Bertz CT molecular complexity index is 440. The summed E-state index contributed by atoms with van der Waals surface area (Å²) in [5, 5.41) is 3.21. The first-order chi connectivity index (χ1) is 9.20. The Hall–Kier alpha value is -1.55. The molecule has 19 heavy (non-hydrogen) atoms. The van der Waals surface area contributed by atoms with Crippen molar-refractivity contribution in [3.63, 3.8) is 0 Å². The number of nitrogens with zero attached hydrogens (tertiary/aromatic N) is 1. The summed E-state index contributed by atoms with van der Waals surface area (Å²) < 4.78 is 5.23. The fraction of sp³-hybridized carbons (Fsp3) is 0.533. The van der Waals surface area contributed by atoms with Crippen LogP contribution in [0.25, 0.3) is 0 Å². The maximum atomic E-state index is 11.8. The third-order valence-corrected chi connectivity index (χ3v) is 3.52. The van der Waals surface area contributed by atoms with Crippen molar-refractivity contribution in [3.05, 3.63) is 29.3 Å².